The van der Waals surface area contributed by atoms with Crippen LogP contribution in [0.25, 0.3) is 0 Å². The molecule has 0 heterocycles. The van der Waals surface area contributed by atoms with Gasteiger partial charge < -0.3 is 16.4 Å². The quantitative estimate of drug-likeness (QED) is 0.632. The Bertz CT molecular complexity index is 432. The second kappa shape index (κ2) is 8.32. The third kappa shape index (κ3) is 5.84. The lowest BCUT2D eigenvalue weighted by molar-refractivity contribution is -0.125. The molecule has 0 aliphatic carbocycles. The minimum absolute atomic E-state index is 0.0205. The number of amides is 2. The molecule has 1 aromatic rings. The molecule has 0 aromatic heterocycles. The standard InChI is InChI=1S/C15H23N3O2/c1-11(2)14(19)17-8-9-18-15(20)13(16)10-12-6-4-3-5-7-12/h3-7,11,13H,8-10,16H2,1-2H3,(H,17,19)(H,18,20). The topological polar surface area (TPSA) is 84.2 Å². The minimum Gasteiger partial charge on any atom is -0.354 e. The maximum atomic E-state index is 11.8. The molecule has 1 rings (SSSR count). The van der Waals surface area contributed by atoms with Gasteiger partial charge in [-0.25, -0.2) is 0 Å². The van der Waals surface area contributed by atoms with E-state index in [9.17, 15) is 9.59 Å². The predicted octanol–water partition coefficient (Wildman–Crippen LogP) is 0.445. The highest BCUT2D eigenvalue weighted by atomic mass is 16.2. The summed E-state index contributed by atoms with van der Waals surface area (Å²) in [4.78, 5) is 23.1. The molecule has 20 heavy (non-hydrogen) atoms. The summed E-state index contributed by atoms with van der Waals surface area (Å²) >= 11 is 0. The third-order valence-corrected chi connectivity index (χ3v) is 2.88. The summed E-state index contributed by atoms with van der Waals surface area (Å²) < 4.78 is 0. The fourth-order valence-corrected chi connectivity index (χ4v) is 1.67. The Morgan fingerprint density at radius 3 is 2.15 bits per heavy atom. The van der Waals surface area contributed by atoms with E-state index >= 15 is 0 Å². The lowest BCUT2D eigenvalue weighted by atomic mass is 10.1. The Balaban J connectivity index is 2.24. The van der Waals surface area contributed by atoms with Crippen molar-refractivity contribution in [3.63, 3.8) is 0 Å². The predicted molar refractivity (Wildman–Crippen MR) is 79.0 cm³/mol. The van der Waals surface area contributed by atoms with Gasteiger partial charge in [0.2, 0.25) is 11.8 Å². The first kappa shape index (κ1) is 16.2. The molecule has 5 heteroatoms. The Morgan fingerprint density at radius 2 is 1.60 bits per heavy atom. The van der Waals surface area contributed by atoms with Crippen molar-refractivity contribution in [2.45, 2.75) is 26.3 Å². The van der Waals surface area contributed by atoms with E-state index in [4.69, 9.17) is 5.73 Å². The number of benzene rings is 1. The molecular formula is C15H23N3O2. The van der Waals surface area contributed by atoms with Crippen molar-refractivity contribution in [1.82, 2.24) is 10.6 Å². The lowest BCUT2D eigenvalue weighted by Crippen LogP contribution is -2.44. The number of hydrogen-bond donors (Lipinski definition) is 3. The Morgan fingerprint density at radius 1 is 1.05 bits per heavy atom. The molecule has 4 N–H and O–H groups in total. The SMILES string of the molecule is CC(C)C(=O)NCCNC(=O)C(N)Cc1ccccc1. The van der Waals surface area contributed by atoms with Crippen LogP contribution in [0.15, 0.2) is 30.3 Å². The summed E-state index contributed by atoms with van der Waals surface area (Å²) in [6.07, 6.45) is 0.505. The molecule has 5 nitrogen and oxygen atoms in total. The van der Waals surface area contributed by atoms with Crippen LogP contribution in [0, 0.1) is 5.92 Å². The highest BCUT2D eigenvalue weighted by Gasteiger charge is 2.13. The summed E-state index contributed by atoms with van der Waals surface area (Å²) in [6, 6.07) is 9.07. The molecule has 0 aliphatic rings. The number of hydrogen-bond acceptors (Lipinski definition) is 3. The van der Waals surface area contributed by atoms with Crippen molar-refractivity contribution < 1.29 is 9.59 Å². The largest absolute Gasteiger partial charge is 0.354 e. The highest BCUT2D eigenvalue weighted by molar-refractivity contribution is 5.82. The van der Waals surface area contributed by atoms with E-state index in [0.717, 1.165) is 5.56 Å². The Kier molecular flexibility index (Phi) is 6.73. The number of carbonyl (C=O) groups is 2. The molecule has 1 aromatic carbocycles. The van der Waals surface area contributed by atoms with E-state index in [1.54, 1.807) is 0 Å². The third-order valence-electron chi connectivity index (χ3n) is 2.88. The molecule has 110 valence electrons. The Labute approximate surface area is 119 Å². The molecule has 1 atom stereocenters. The van der Waals surface area contributed by atoms with Crippen LogP contribution in [0.2, 0.25) is 0 Å². The first-order chi connectivity index (χ1) is 9.50. The summed E-state index contributed by atoms with van der Waals surface area (Å²) in [5.74, 6) is -0.272. The van der Waals surface area contributed by atoms with Crippen LogP contribution in [-0.2, 0) is 16.0 Å². The van der Waals surface area contributed by atoms with Gasteiger partial charge in [0, 0.05) is 19.0 Å². The van der Waals surface area contributed by atoms with Gasteiger partial charge in [0.25, 0.3) is 0 Å². The van der Waals surface area contributed by atoms with Crippen molar-refractivity contribution in [3.8, 4) is 0 Å². The molecular weight excluding hydrogens is 254 g/mol. The van der Waals surface area contributed by atoms with Gasteiger partial charge in [-0.15, -0.1) is 0 Å². The Hall–Kier alpha value is -1.88. The molecule has 1 unspecified atom stereocenters. The van der Waals surface area contributed by atoms with Crippen LogP contribution >= 0.6 is 0 Å². The van der Waals surface area contributed by atoms with Gasteiger partial charge in [0.1, 0.15) is 0 Å². The molecule has 0 fully saturated rings. The molecule has 0 bridgehead atoms. The van der Waals surface area contributed by atoms with Gasteiger partial charge in [0.15, 0.2) is 0 Å². The zero-order chi connectivity index (χ0) is 15.0. The van der Waals surface area contributed by atoms with Gasteiger partial charge in [-0.3, -0.25) is 9.59 Å². The summed E-state index contributed by atoms with van der Waals surface area (Å²) in [5.41, 5.74) is 6.87. The maximum Gasteiger partial charge on any atom is 0.237 e. The number of carbonyl (C=O) groups excluding carboxylic acids is 2. The van der Waals surface area contributed by atoms with Gasteiger partial charge in [0.05, 0.1) is 6.04 Å². The smallest absolute Gasteiger partial charge is 0.237 e. The van der Waals surface area contributed by atoms with E-state index < -0.39 is 6.04 Å². The van der Waals surface area contributed by atoms with Crippen LogP contribution in [0.1, 0.15) is 19.4 Å². The van der Waals surface area contributed by atoms with Crippen LogP contribution in [0.5, 0.6) is 0 Å². The average molecular weight is 277 g/mol. The maximum absolute atomic E-state index is 11.8. The minimum atomic E-state index is -0.571. The van der Waals surface area contributed by atoms with Crippen LogP contribution in [0.3, 0.4) is 0 Å². The number of nitrogens with one attached hydrogen (secondary N) is 2. The fraction of sp³-hybridized carbons (Fsp3) is 0.467. The van der Waals surface area contributed by atoms with Gasteiger partial charge in [-0.2, -0.15) is 0 Å². The molecule has 0 saturated heterocycles. The lowest BCUT2D eigenvalue weighted by Gasteiger charge is -2.13. The number of rotatable bonds is 7. The average Bonchev–Trinajstić information content (AvgIpc) is 2.43. The van der Waals surface area contributed by atoms with Crippen LogP contribution < -0.4 is 16.4 Å². The van der Waals surface area contributed by atoms with Crippen LogP contribution in [-0.4, -0.2) is 30.9 Å². The normalized spacial score (nSPS) is 12.0. The van der Waals surface area contributed by atoms with Crippen molar-refractivity contribution in [3.05, 3.63) is 35.9 Å². The van der Waals surface area contributed by atoms with Gasteiger partial charge >= 0.3 is 0 Å². The van der Waals surface area contributed by atoms with Crippen molar-refractivity contribution in [2.24, 2.45) is 11.7 Å². The van der Waals surface area contributed by atoms with Crippen LogP contribution in [0.4, 0.5) is 0 Å². The second-order valence-corrected chi connectivity index (χ2v) is 5.03. The second-order valence-electron chi connectivity index (χ2n) is 5.03. The van der Waals surface area contributed by atoms with E-state index in [1.807, 2.05) is 44.2 Å². The fourth-order valence-electron chi connectivity index (χ4n) is 1.67. The molecule has 0 radical (unpaired) electrons. The number of nitrogens with two attached hydrogens (primary N) is 1. The highest BCUT2D eigenvalue weighted by Crippen LogP contribution is 2.01. The van der Waals surface area contributed by atoms with Crippen molar-refractivity contribution >= 4 is 11.8 Å². The summed E-state index contributed by atoms with van der Waals surface area (Å²) in [6.45, 7) is 4.45. The van der Waals surface area contributed by atoms with Gasteiger partial charge in [-0.05, 0) is 12.0 Å². The summed E-state index contributed by atoms with van der Waals surface area (Å²) in [5, 5.41) is 5.45. The zero-order valence-electron chi connectivity index (χ0n) is 12.1. The van der Waals surface area contributed by atoms with E-state index in [2.05, 4.69) is 10.6 Å². The first-order valence-electron chi connectivity index (χ1n) is 6.85. The first-order valence-corrected chi connectivity index (χ1v) is 6.85. The van der Waals surface area contributed by atoms with E-state index in [0.29, 0.717) is 19.5 Å². The van der Waals surface area contributed by atoms with E-state index in [-0.39, 0.29) is 17.7 Å². The summed E-state index contributed by atoms with van der Waals surface area (Å²) in [7, 11) is 0. The van der Waals surface area contributed by atoms with E-state index in [1.165, 1.54) is 0 Å². The monoisotopic (exact) mass is 277 g/mol. The zero-order valence-corrected chi connectivity index (χ0v) is 12.1. The molecule has 0 saturated carbocycles. The molecule has 0 spiro atoms. The van der Waals surface area contributed by atoms with Crippen molar-refractivity contribution in [1.29, 1.82) is 0 Å². The van der Waals surface area contributed by atoms with Gasteiger partial charge in [-0.1, -0.05) is 44.2 Å². The molecule has 0 aliphatic heterocycles. The molecule has 2 amide bonds. The van der Waals surface area contributed by atoms with Crippen molar-refractivity contribution in [2.75, 3.05) is 13.1 Å².